The average Bonchev–Trinajstić information content (AvgIpc) is 3.21. The third-order valence-electron chi connectivity index (χ3n) is 6.24. The summed E-state index contributed by atoms with van der Waals surface area (Å²) in [4.78, 5) is 36.7. The summed E-state index contributed by atoms with van der Waals surface area (Å²) in [5.74, 6) is 0.0829. The largest absolute Gasteiger partial charge is 0.368 e. The molecule has 33 heavy (non-hydrogen) atoms. The molecule has 6 nitrogen and oxygen atoms in total. The van der Waals surface area contributed by atoms with Gasteiger partial charge in [0.1, 0.15) is 4.83 Å². The standard InChI is InChI=1S/C26H26N4O2S/c1-19-23(20-8-4-2-5-9-20)24-25(33-19)27-18-30(26(24)32)13-12-22(31)29-16-14-28(15-17-29)21-10-6-3-7-11-21/h2-11,18H,12-17H2,1H3. The molecule has 0 spiro atoms. The minimum absolute atomic E-state index is 0.0788. The van der Waals surface area contributed by atoms with E-state index in [1.807, 2.05) is 60.4 Å². The highest BCUT2D eigenvalue weighted by Gasteiger charge is 2.22. The van der Waals surface area contributed by atoms with Gasteiger partial charge in [-0.3, -0.25) is 14.2 Å². The van der Waals surface area contributed by atoms with E-state index in [0.29, 0.717) is 31.4 Å². The summed E-state index contributed by atoms with van der Waals surface area (Å²) >= 11 is 1.54. The quantitative estimate of drug-likeness (QED) is 0.450. The van der Waals surface area contributed by atoms with Crippen LogP contribution in [0.15, 0.2) is 71.8 Å². The van der Waals surface area contributed by atoms with Gasteiger partial charge < -0.3 is 9.80 Å². The zero-order chi connectivity index (χ0) is 22.8. The summed E-state index contributed by atoms with van der Waals surface area (Å²) < 4.78 is 1.58. The van der Waals surface area contributed by atoms with E-state index in [0.717, 1.165) is 33.9 Å². The molecule has 2 aromatic heterocycles. The van der Waals surface area contributed by atoms with E-state index < -0.39 is 0 Å². The predicted molar refractivity (Wildman–Crippen MR) is 134 cm³/mol. The van der Waals surface area contributed by atoms with Gasteiger partial charge in [-0.1, -0.05) is 48.5 Å². The van der Waals surface area contributed by atoms with Crippen LogP contribution in [0.1, 0.15) is 11.3 Å². The topological polar surface area (TPSA) is 58.4 Å². The lowest BCUT2D eigenvalue weighted by Crippen LogP contribution is -2.49. The molecule has 0 bridgehead atoms. The second-order valence-corrected chi connectivity index (χ2v) is 9.48. The van der Waals surface area contributed by atoms with Crippen molar-refractivity contribution in [2.75, 3.05) is 31.1 Å². The fourth-order valence-electron chi connectivity index (χ4n) is 4.48. The first-order valence-electron chi connectivity index (χ1n) is 11.2. The molecule has 0 atom stereocenters. The molecule has 7 heteroatoms. The van der Waals surface area contributed by atoms with Gasteiger partial charge in [0.25, 0.3) is 5.56 Å². The molecule has 3 heterocycles. The Morgan fingerprint density at radius 3 is 2.33 bits per heavy atom. The number of carbonyl (C=O) groups is 1. The van der Waals surface area contributed by atoms with Crippen LogP contribution in [0.2, 0.25) is 0 Å². The van der Waals surface area contributed by atoms with E-state index in [2.05, 4.69) is 22.0 Å². The third kappa shape index (κ3) is 4.28. The van der Waals surface area contributed by atoms with Crippen molar-refractivity contribution in [1.82, 2.24) is 14.5 Å². The van der Waals surface area contributed by atoms with E-state index in [4.69, 9.17) is 0 Å². The number of hydrogen-bond acceptors (Lipinski definition) is 5. The summed E-state index contributed by atoms with van der Waals surface area (Å²) in [5, 5.41) is 0.648. The number of carbonyl (C=O) groups excluding carboxylic acids is 1. The Morgan fingerprint density at radius 2 is 1.64 bits per heavy atom. The van der Waals surface area contributed by atoms with Crippen LogP contribution < -0.4 is 10.5 Å². The van der Waals surface area contributed by atoms with Crippen LogP contribution >= 0.6 is 11.3 Å². The minimum atomic E-state index is -0.0788. The number of amides is 1. The zero-order valence-corrected chi connectivity index (χ0v) is 19.4. The Bertz CT molecular complexity index is 1320. The number of aromatic nitrogens is 2. The number of piperazine rings is 1. The molecule has 5 rings (SSSR count). The van der Waals surface area contributed by atoms with Crippen molar-refractivity contribution in [2.24, 2.45) is 0 Å². The Hall–Kier alpha value is -3.45. The monoisotopic (exact) mass is 458 g/mol. The molecule has 1 aliphatic heterocycles. The number of nitrogens with zero attached hydrogens (tertiary/aromatic N) is 4. The van der Waals surface area contributed by atoms with Gasteiger partial charge in [-0.15, -0.1) is 11.3 Å². The zero-order valence-electron chi connectivity index (χ0n) is 18.6. The van der Waals surface area contributed by atoms with Gasteiger partial charge in [-0.25, -0.2) is 4.98 Å². The van der Waals surface area contributed by atoms with Gasteiger partial charge in [0, 0.05) is 55.3 Å². The molecular weight excluding hydrogens is 432 g/mol. The first-order chi connectivity index (χ1) is 16.1. The van der Waals surface area contributed by atoms with Gasteiger partial charge in [0.15, 0.2) is 0 Å². The van der Waals surface area contributed by atoms with Gasteiger partial charge in [-0.05, 0) is 24.6 Å². The van der Waals surface area contributed by atoms with Crippen molar-refractivity contribution in [2.45, 2.75) is 19.9 Å². The van der Waals surface area contributed by atoms with Crippen molar-refractivity contribution < 1.29 is 4.79 Å². The van der Waals surface area contributed by atoms with Gasteiger partial charge in [0.2, 0.25) is 5.91 Å². The first-order valence-corrected chi connectivity index (χ1v) is 12.0. The van der Waals surface area contributed by atoms with Crippen LogP contribution in [0.3, 0.4) is 0 Å². The van der Waals surface area contributed by atoms with Crippen molar-refractivity contribution >= 4 is 33.1 Å². The van der Waals surface area contributed by atoms with E-state index in [1.54, 1.807) is 10.9 Å². The van der Waals surface area contributed by atoms with Crippen LogP contribution in [0.25, 0.3) is 21.3 Å². The Labute approximate surface area is 196 Å². The molecule has 0 unspecified atom stereocenters. The maximum Gasteiger partial charge on any atom is 0.262 e. The number of rotatable bonds is 5. The summed E-state index contributed by atoms with van der Waals surface area (Å²) in [7, 11) is 0. The van der Waals surface area contributed by atoms with Crippen molar-refractivity contribution in [1.29, 1.82) is 0 Å². The second-order valence-electron chi connectivity index (χ2n) is 8.28. The molecule has 0 aliphatic carbocycles. The van der Waals surface area contributed by atoms with Crippen LogP contribution in [-0.2, 0) is 11.3 Å². The molecule has 1 aliphatic rings. The Kier molecular flexibility index (Phi) is 5.96. The number of hydrogen-bond donors (Lipinski definition) is 0. The summed E-state index contributed by atoms with van der Waals surface area (Å²) in [6, 6.07) is 20.2. The molecular formula is C26H26N4O2S. The van der Waals surface area contributed by atoms with E-state index >= 15 is 0 Å². The lowest BCUT2D eigenvalue weighted by Gasteiger charge is -2.36. The van der Waals surface area contributed by atoms with E-state index in [9.17, 15) is 9.59 Å². The van der Waals surface area contributed by atoms with E-state index in [-0.39, 0.29) is 11.5 Å². The number of para-hydroxylation sites is 1. The Morgan fingerprint density at radius 1 is 0.970 bits per heavy atom. The third-order valence-corrected chi connectivity index (χ3v) is 7.25. The second kappa shape index (κ2) is 9.19. The number of fused-ring (bicyclic) bond motifs is 1. The fraction of sp³-hybridized carbons (Fsp3) is 0.269. The van der Waals surface area contributed by atoms with E-state index in [1.165, 1.54) is 17.0 Å². The molecule has 0 radical (unpaired) electrons. The lowest BCUT2D eigenvalue weighted by molar-refractivity contribution is -0.131. The van der Waals surface area contributed by atoms with Gasteiger partial charge >= 0.3 is 0 Å². The normalized spacial score (nSPS) is 14.1. The SMILES string of the molecule is Cc1sc2ncn(CCC(=O)N3CCN(c4ccccc4)CC3)c(=O)c2c1-c1ccccc1. The van der Waals surface area contributed by atoms with Crippen LogP contribution in [0.4, 0.5) is 5.69 Å². The number of thiophene rings is 1. The average molecular weight is 459 g/mol. The Balaban J connectivity index is 1.29. The first kappa shape index (κ1) is 21.4. The van der Waals surface area contributed by atoms with Crippen LogP contribution in [0, 0.1) is 6.92 Å². The van der Waals surface area contributed by atoms with Crippen LogP contribution in [0.5, 0.6) is 0 Å². The minimum Gasteiger partial charge on any atom is -0.368 e. The number of anilines is 1. The molecule has 0 N–H and O–H groups in total. The maximum atomic E-state index is 13.3. The smallest absolute Gasteiger partial charge is 0.262 e. The van der Waals surface area contributed by atoms with Crippen molar-refractivity contribution in [3.05, 3.63) is 82.2 Å². The van der Waals surface area contributed by atoms with Crippen molar-refractivity contribution in [3.63, 3.8) is 0 Å². The predicted octanol–water partition coefficient (Wildman–Crippen LogP) is 4.17. The van der Waals surface area contributed by atoms with Crippen molar-refractivity contribution in [3.8, 4) is 11.1 Å². The van der Waals surface area contributed by atoms with Gasteiger partial charge in [-0.2, -0.15) is 0 Å². The molecule has 2 aromatic carbocycles. The summed E-state index contributed by atoms with van der Waals surface area (Å²) in [6.07, 6.45) is 1.87. The highest BCUT2D eigenvalue weighted by molar-refractivity contribution is 7.19. The number of benzene rings is 2. The number of aryl methyl sites for hydroxylation is 2. The molecule has 4 aromatic rings. The highest BCUT2D eigenvalue weighted by Crippen LogP contribution is 2.35. The summed E-state index contributed by atoms with van der Waals surface area (Å²) in [6.45, 7) is 5.39. The lowest BCUT2D eigenvalue weighted by atomic mass is 10.0. The summed E-state index contributed by atoms with van der Waals surface area (Å²) in [5.41, 5.74) is 3.08. The molecule has 1 fully saturated rings. The highest BCUT2D eigenvalue weighted by atomic mass is 32.1. The van der Waals surface area contributed by atoms with Gasteiger partial charge in [0.05, 0.1) is 11.7 Å². The fourth-order valence-corrected chi connectivity index (χ4v) is 5.48. The molecule has 1 saturated heterocycles. The molecule has 1 amide bonds. The molecule has 0 saturated carbocycles. The maximum absolute atomic E-state index is 13.3. The van der Waals surface area contributed by atoms with Crippen LogP contribution in [-0.4, -0.2) is 46.5 Å². The molecule has 168 valence electrons.